The van der Waals surface area contributed by atoms with Gasteiger partial charge >= 0.3 is 0 Å². The van der Waals surface area contributed by atoms with Gasteiger partial charge in [-0.2, -0.15) is 0 Å². The van der Waals surface area contributed by atoms with Gasteiger partial charge in [-0.25, -0.2) is 0 Å². The van der Waals surface area contributed by atoms with Gasteiger partial charge in [-0.15, -0.1) is 0 Å². The third kappa shape index (κ3) is 5.32. The molecule has 4 heteroatoms. The van der Waals surface area contributed by atoms with E-state index in [0.29, 0.717) is 18.9 Å². The summed E-state index contributed by atoms with van der Waals surface area (Å²) in [5, 5.41) is 3.14. The summed E-state index contributed by atoms with van der Waals surface area (Å²) in [7, 11) is 0. The van der Waals surface area contributed by atoms with E-state index in [0.717, 1.165) is 32.8 Å². The molecule has 1 aromatic carbocycles. The van der Waals surface area contributed by atoms with Crippen molar-refractivity contribution in [2.75, 3.05) is 26.3 Å². The number of amides is 1. The zero-order valence-electron chi connectivity index (χ0n) is 14.6. The van der Waals surface area contributed by atoms with Gasteiger partial charge in [0.25, 0.3) is 0 Å². The first-order valence-electron chi connectivity index (χ1n) is 9.45. The molecule has 1 amide bonds. The molecule has 4 nitrogen and oxygen atoms in total. The first-order chi connectivity index (χ1) is 11.8. The van der Waals surface area contributed by atoms with Gasteiger partial charge < -0.3 is 10.1 Å². The second-order valence-electron chi connectivity index (χ2n) is 7.14. The lowest BCUT2D eigenvalue weighted by atomic mass is 9.87. The fraction of sp³-hybridized carbons (Fsp3) is 0.650. The highest BCUT2D eigenvalue weighted by Crippen LogP contribution is 2.26. The molecule has 1 aromatic rings. The highest BCUT2D eigenvalue weighted by atomic mass is 16.5. The van der Waals surface area contributed by atoms with Crippen molar-refractivity contribution in [3.05, 3.63) is 35.4 Å². The molecular formula is C20H30N2O2. The lowest BCUT2D eigenvalue weighted by Gasteiger charge is -2.27. The molecule has 1 heterocycles. The summed E-state index contributed by atoms with van der Waals surface area (Å²) in [6.45, 7) is 5.20. The van der Waals surface area contributed by atoms with Crippen molar-refractivity contribution in [1.82, 2.24) is 10.2 Å². The molecule has 0 bridgehead atoms. The van der Waals surface area contributed by atoms with Gasteiger partial charge in [-0.3, -0.25) is 9.69 Å². The molecule has 0 aromatic heterocycles. The molecular weight excluding hydrogens is 300 g/mol. The van der Waals surface area contributed by atoms with Crippen molar-refractivity contribution in [2.24, 2.45) is 5.92 Å². The van der Waals surface area contributed by atoms with Gasteiger partial charge in [0, 0.05) is 32.6 Å². The lowest BCUT2D eigenvalue weighted by molar-refractivity contribution is -0.122. The number of hydrogen-bond donors (Lipinski definition) is 1. The highest BCUT2D eigenvalue weighted by molar-refractivity contribution is 5.76. The van der Waals surface area contributed by atoms with Crippen LogP contribution in [0.5, 0.6) is 0 Å². The van der Waals surface area contributed by atoms with Crippen LogP contribution in [0, 0.1) is 5.92 Å². The van der Waals surface area contributed by atoms with Crippen molar-refractivity contribution >= 4 is 5.91 Å². The standard InChI is InChI=1S/C20H30N2O2/c23-20(14-17-6-2-1-3-7-17)21-15-18-8-4-5-9-19(18)16-22-10-12-24-13-11-22/h4-5,8-9,17H,1-3,6-7,10-16H2,(H,21,23). The first-order valence-corrected chi connectivity index (χ1v) is 9.45. The van der Waals surface area contributed by atoms with Crippen LogP contribution in [0.3, 0.4) is 0 Å². The number of hydrogen-bond acceptors (Lipinski definition) is 3. The monoisotopic (exact) mass is 330 g/mol. The van der Waals surface area contributed by atoms with Crippen LogP contribution in [0.4, 0.5) is 0 Å². The normalized spacial score (nSPS) is 20.0. The minimum Gasteiger partial charge on any atom is -0.379 e. The van der Waals surface area contributed by atoms with Crippen LogP contribution in [0.15, 0.2) is 24.3 Å². The number of rotatable bonds is 6. The summed E-state index contributed by atoms with van der Waals surface area (Å²) in [6, 6.07) is 8.46. The number of nitrogens with zero attached hydrogens (tertiary/aromatic N) is 1. The fourth-order valence-corrected chi connectivity index (χ4v) is 3.80. The molecule has 0 spiro atoms. The molecule has 2 fully saturated rings. The summed E-state index contributed by atoms with van der Waals surface area (Å²) in [4.78, 5) is 14.7. The zero-order valence-corrected chi connectivity index (χ0v) is 14.6. The van der Waals surface area contributed by atoms with E-state index < -0.39 is 0 Å². The Labute approximate surface area is 145 Å². The first kappa shape index (κ1) is 17.4. The van der Waals surface area contributed by atoms with Crippen LogP contribution in [0.1, 0.15) is 49.7 Å². The molecule has 3 rings (SSSR count). The van der Waals surface area contributed by atoms with E-state index >= 15 is 0 Å². The Morgan fingerprint density at radius 3 is 2.54 bits per heavy atom. The van der Waals surface area contributed by atoms with Gasteiger partial charge in [0.05, 0.1) is 13.2 Å². The van der Waals surface area contributed by atoms with Crippen LogP contribution in [0.25, 0.3) is 0 Å². The number of nitrogens with one attached hydrogen (secondary N) is 1. The maximum absolute atomic E-state index is 12.2. The van der Waals surface area contributed by atoms with Crippen molar-refractivity contribution in [2.45, 2.75) is 51.6 Å². The van der Waals surface area contributed by atoms with E-state index in [2.05, 4.69) is 34.5 Å². The average molecular weight is 330 g/mol. The molecule has 24 heavy (non-hydrogen) atoms. The molecule has 2 aliphatic rings. The Bertz CT molecular complexity index is 520. The van der Waals surface area contributed by atoms with Gasteiger partial charge in [-0.05, 0) is 29.9 Å². The predicted octanol–water partition coefficient (Wildman–Crippen LogP) is 3.11. The minimum atomic E-state index is 0.211. The van der Waals surface area contributed by atoms with Crippen LogP contribution in [-0.4, -0.2) is 37.1 Å². The Balaban J connectivity index is 1.49. The molecule has 132 valence electrons. The van der Waals surface area contributed by atoms with Crippen molar-refractivity contribution in [1.29, 1.82) is 0 Å². The average Bonchev–Trinajstić information content (AvgIpc) is 2.63. The highest BCUT2D eigenvalue weighted by Gasteiger charge is 2.17. The number of carbonyl (C=O) groups excluding carboxylic acids is 1. The number of carbonyl (C=O) groups is 1. The smallest absolute Gasteiger partial charge is 0.220 e. The Hall–Kier alpha value is -1.39. The summed E-state index contributed by atoms with van der Waals surface area (Å²) in [6.07, 6.45) is 7.07. The van der Waals surface area contributed by atoms with E-state index in [-0.39, 0.29) is 5.91 Å². The van der Waals surface area contributed by atoms with Crippen LogP contribution in [-0.2, 0) is 22.6 Å². The molecule has 1 aliphatic heterocycles. The van der Waals surface area contributed by atoms with Gasteiger partial charge in [0.1, 0.15) is 0 Å². The molecule has 0 radical (unpaired) electrons. The molecule has 1 saturated carbocycles. The number of benzene rings is 1. The molecule has 0 atom stereocenters. The summed E-state index contributed by atoms with van der Waals surface area (Å²) < 4.78 is 5.42. The SMILES string of the molecule is O=C(CC1CCCCC1)NCc1ccccc1CN1CCOCC1. The van der Waals surface area contributed by atoms with Gasteiger partial charge in [0.15, 0.2) is 0 Å². The predicted molar refractivity (Wildman–Crippen MR) is 95.6 cm³/mol. The third-order valence-corrected chi connectivity index (χ3v) is 5.29. The molecule has 1 saturated heterocycles. The van der Waals surface area contributed by atoms with Crippen LogP contribution < -0.4 is 5.32 Å². The van der Waals surface area contributed by atoms with E-state index in [9.17, 15) is 4.79 Å². The van der Waals surface area contributed by atoms with Gasteiger partial charge in [-0.1, -0.05) is 43.5 Å². The fourth-order valence-electron chi connectivity index (χ4n) is 3.80. The van der Waals surface area contributed by atoms with E-state index in [1.54, 1.807) is 0 Å². The topological polar surface area (TPSA) is 41.6 Å². The second-order valence-corrected chi connectivity index (χ2v) is 7.14. The minimum absolute atomic E-state index is 0.211. The zero-order chi connectivity index (χ0) is 16.6. The molecule has 1 aliphatic carbocycles. The largest absolute Gasteiger partial charge is 0.379 e. The Morgan fingerprint density at radius 1 is 1.08 bits per heavy atom. The summed E-state index contributed by atoms with van der Waals surface area (Å²) >= 11 is 0. The second kappa shape index (κ2) is 9.19. The number of ether oxygens (including phenoxy) is 1. The quantitative estimate of drug-likeness (QED) is 0.871. The number of morpholine rings is 1. The maximum Gasteiger partial charge on any atom is 0.220 e. The van der Waals surface area contributed by atoms with E-state index in [4.69, 9.17) is 4.74 Å². The summed E-state index contributed by atoms with van der Waals surface area (Å²) in [5.74, 6) is 0.811. The van der Waals surface area contributed by atoms with Crippen LogP contribution >= 0.6 is 0 Å². The van der Waals surface area contributed by atoms with Crippen molar-refractivity contribution in [3.63, 3.8) is 0 Å². The van der Waals surface area contributed by atoms with Crippen molar-refractivity contribution < 1.29 is 9.53 Å². The Kier molecular flexibility index (Phi) is 6.67. The molecule has 1 N–H and O–H groups in total. The van der Waals surface area contributed by atoms with Gasteiger partial charge in [0.2, 0.25) is 5.91 Å². The lowest BCUT2D eigenvalue weighted by Crippen LogP contribution is -2.36. The van der Waals surface area contributed by atoms with Crippen LogP contribution in [0.2, 0.25) is 0 Å². The summed E-state index contributed by atoms with van der Waals surface area (Å²) in [5.41, 5.74) is 2.55. The van der Waals surface area contributed by atoms with E-state index in [1.165, 1.54) is 43.2 Å². The van der Waals surface area contributed by atoms with Crippen molar-refractivity contribution in [3.8, 4) is 0 Å². The third-order valence-electron chi connectivity index (χ3n) is 5.29. The Morgan fingerprint density at radius 2 is 1.79 bits per heavy atom. The maximum atomic E-state index is 12.2. The van der Waals surface area contributed by atoms with E-state index in [1.807, 2.05) is 0 Å². The molecule has 0 unspecified atom stereocenters.